The molecule has 1 aromatic rings. The second-order valence-electron chi connectivity index (χ2n) is 5.51. The molecule has 2 aliphatic rings. The quantitative estimate of drug-likeness (QED) is 0.855. The van der Waals surface area contributed by atoms with E-state index in [0.29, 0.717) is 5.82 Å². The van der Waals surface area contributed by atoms with E-state index in [4.69, 9.17) is 5.73 Å². The molecule has 0 radical (unpaired) electrons. The second kappa shape index (κ2) is 5.24. The molecule has 3 rings (SSSR count). The molecule has 2 N–H and O–H groups in total. The van der Waals surface area contributed by atoms with Gasteiger partial charge in [-0.15, -0.1) is 0 Å². The predicted molar refractivity (Wildman–Crippen MR) is 73.1 cm³/mol. The van der Waals surface area contributed by atoms with Crippen LogP contribution < -0.4 is 5.73 Å². The minimum Gasteiger partial charge on any atom is -0.384 e. The fourth-order valence-electron chi connectivity index (χ4n) is 3.28. The molecule has 4 heteroatoms. The highest BCUT2D eigenvalue weighted by Crippen LogP contribution is 2.22. The molecule has 2 fully saturated rings. The summed E-state index contributed by atoms with van der Waals surface area (Å²) < 4.78 is 0. The van der Waals surface area contributed by atoms with Gasteiger partial charge < -0.3 is 5.73 Å². The number of hydrogen-bond acceptors (Lipinski definition) is 4. The van der Waals surface area contributed by atoms with Gasteiger partial charge in [-0.1, -0.05) is 0 Å². The van der Waals surface area contributed by atoms with Crippen molar-refractivity contribution < 1.29 is 0 Å². The molecule has 1 unspecified atom stereocenters. The van der Waals surface area contributed by atoms with Gasteiger partial charge in [0.05, 0.1) is 0 Å². The molecule has 0 spiro atoms. The Bertz CT molecular complexity index is 407. The smallest absolute Gasteiger partial charge is 0.123 e. The zero-order chi connectivity index (χ0) is 12.4. The molecule has 1 aromatic heterocycles. The number of fused-ring (bicyclic) bond motifs is 1. The van der Waals surface area contributed by atoms with Crippen LogP contribution in [0.3, 0.4) is 0 Å². The number of aromatic nitrogens is 1. The van der Waals surface area contributed by atoms with Gasteiger partial charge in [-0.25, -0.2) is 4.98 Å². The van der Waals surface area contributed by atoms with Gasteiger partial charge in [-0.3, -0.25) is 9.80 Å². The molecule has 2 saturated heterocycles. The van der Waals surface area contributed by atoms with Crippen LogP contribution in [0.2, 0.25) is 0 Å². The maximum absolute atomic E-state index is 5.74. The van der Waals surface area contributed by atoms with Gasteiger partial charge in [0.2, 0.25) is 0 Å². The topological polar surface area (TPSA) is 45.4 Å². The Morgan fingerprint density at radius 3 is 3.06 bits per heavy atom. The highest BCUT2D eigenvalue weighted by molar-refractivity contribution is 5.31. The van der Waals surface area contributed by atoms with Crippen molar-refractivity contribution in [2.75, 3.05) is 31.9 Å². The molecule has 0 bridgehead atoms. The lowest BCUT2D eigenvalue weighted by atomic mass is 10.2. The molecule has 0 aliphatic carbocycles. The normalized spacial score (nSPS) is 25.9. The summed E-state index contributed by atoms with van der Waals surface area (Å²) in [5.74, 6) is 0.629. The molecule has 0 saturated carbocycles. The van der Waals surface area contributed by atoms with E-state index in [9.17, 15) is 0 Å². The SMILES string of the molecule is Nc1cc(CN2CCCN3CCCC3C2)ccn1. The Morgan fingerprint density at radius 2 is 2.17 bits per heavy atom. The Hall–Kier alpha value is -1.13. The molecule has 4 nitrogen and oxygen atoms in total. The summed E-state index contributed by atoms with van der Waals surface area (Å²) in [4.78, 5) is 9.30. The van der Waals surface area contributed by atoms with Crippen molar-refractivity contribution in [1.29, 1.82) is 0 Å². The van der Waals surface area contributed by atoms with Gasteiger partial charge >= 0.3 is 0 Å². The first-order chi connectivity index (χ1) is 8.81. The molecule has 0 aromatic carbocycles. The van der Waals surface area contributed by atoms with Gasteiger partial charge in [0.1, 0.15) is 5.82 Å². The van der Waals surface area contributed by atoms with E-state index in [1.54, 1.807) is 0 Å². The molecule has 18 heavy (non-hydrogen) atoms. The van der Waals surface area contributed by atoms with E-state index in [1.165, 1.54) is 51.0 Å². The number of anilines is 1. The minimum atomic E-state index is 0.629. The van der Waals surface area contributed by atoms with Crippen LogP contribution in [-0.2, 0) is 6.54 Å². The van der Waals surface area contributed by atoms with Crippen molar-refractivity contribution in [3.05, 3.63) is 23.9 Å². The van der Waals surface area contributed by atoms with Crippen LogP contribution in [0.15, 0.2) is 18.3 Å². The zero-order valence-electron chi connectivity index (χ0n) is 10.9. The third-order valence-corrected chi connectivity index (χ3v) is 4.14. The second-order valence-corrected chi connectivity index (χ2v) is 5.51. The van der Waals surface area contributed by atoms with Crippen molar-refractivity contribution in [2.45, 2.75) is 31.8 Å². The largest absolute Gasteiger partial charge is 0.384 e. The summed E-state index contributed by atoms with van der Waals surface area (Å²) >= 11 is 0. The van der Waals surface area contributed by atoms with E-state index in [1.807, 2.05) is 12.3 Å². The summed E-state index contributed by atoms with van der Waals surface area (Å²) in [6, 6.07) is 4.86. The molecular weight excluding hydrogens is 224 g/mol. The zero-order valence-corrected chi connectivity index (χ0v) is 10.9. The average Bonchev–Trinajstić information content (AvgIpc) is 2.69. The van der Waals surface area contributed by atoms with E-state index >= 15 is 0 Å². The summed E-state index contributed by atoms with van der Waals surface area (Å²) in [7, 11) is 0. The van der Waals surface area contributed by atoms with Crippen molar-refractivity contribution in [2.24, 2.45) is 0 Å². The highest BCUT2D eigenvalue weighted by atomic mass is 15.3. The third-order valence-electron chi connectivity index (χ3n) is 4.14. The number of rotatable bonds is 2. The number of nitrogens with two attached hydrogens (primary N) is 1. The number of nitrogens with zero attached hydrogens (tertiary/aromatic N) is 3. The maximum Gasteiger partial charge on any atom is 0.123 e. The van der Waals surface area contributed by atoms with E-state index in [-0.39, 0.29) is 0 Å². The summed E-state index contributed by atoms with van der Waals surface area (Å²) in [6.07, 6.45) is 5.84. The first-order valence-electron chi connectivity index (χ1n) is 6.98. The Morgan fingerprint density at radius 1 is 1.28 bits per heavy atom. The Labute approximate surface area is 109 Å². The summed E-state index contributed by atoms with van der Waals surface area (Å²) in [6.45, 7) is 6.01. The van der Waals surface area contributed by atoms with Crippen LogP contribution in [0.5, 0.6) is 0 Å². The van der Waals surface area contributed by atoms with E-state index in [2.05, 4.69) is 20.9 Å². The van der Waals surface area contributed by atoms with Crippen molar-refractivity contribution >= 4 is 5.82 Å². The van der Waals surface area contributed by atoms with Crippen LogP contribution in [0.25, 0.3) is 0 Å². The van der Waals surface area contributed by atoms with Crippen molar-refractivity contribution in [3.63, 3.8) is 0 Å². The lowest BCUT2D eigenvalue weighted by Gasteiger charge is -2.25. The van der Waals surface area contributed by atoms with E-state index in [0.717, 1.165) is 12.6 Å². The molecule has 3 heterocycles. The standard InChI is InChI=1S/C14H22N4/c15-14-9-12(4-5-16-14)10-17-6-2-8-18-7-1-3-13(18)11-17/h4-5,9,13H,1-3,6-8,10-11H2,(H2,15,16). The van der Waals surface area contributed by atoms with Crippen molar-refractivity contribution in [1.82, 2.24) is 14.8 Å². The number of hydrogen-bond donors (Lipinski definition) is 1. The van der Waals surface area contributed by atoms with Gasteiger partial charge in [0.15, 0.2) is 0 Å². The number of pyridine rings is 1. The predicted octanol–water partition coefficient (Wildman–Crippen LogP) is 1.33. The van der Waals surface area contributed by atoms with Crippen LogP contribution in [0, 0.1) is 0 Å². The first kappa shape index (κ1) is 11.9. The first-order valence-corrected chi connectivity index (χ1v) is 6.98. The Balaban J connectivity index is 1.65. The van der Waals surface area contributed by atoms with Crippen LogP contribution >= 0.6 is 0 Å². The lowest BCUT2D eigenvalue weighted by molar-refractivity contribution is 0.215. The molecule has 98 valence electrons. The lowest BCUT2D eigenvalue weighted by Crippen LogP contribution is -2.36. The van der Waals surface area contributed by atoms with Crippen LogP contribution in [-0.4, -0.2) is 47.0 Å². The molecular formula is C14H22N4. The van der Waals surface area contributed by atoms with Gasteiger partial charge in [-0.05, 0) is 56.6 Å². The molecule has 1 atom stereocenters. The molecule has 0 amide bonds. The average molecular weight is 246 g/mol. The summed E-state index contributed by atoms with van der Waals surface area (Å²) in [5.41, 5.74) is 7.03. The van der Waals surface area contributed by atoms with Crippen molar-refractivity contribution in [3.8, 4) is 0 Å². The van der Waals surface area contributed by atoms with E-state index < -0.39 is 0 Å². The Kier molecular flexibility index (Phi) is 3.48. The maximum atomic E-state index is 5.74. The third kappa shape index (κ3) is 2.65. The monoisotopic (exact) mass is 246 g/mol. The minimum absolute atomic E-state index is 0.629. The molecule has 2 aliphatic heterocycles. The van der Waals surface area contributed by atoms with Gasteiger partial charge in [-0.2, -0.15) is 0 Å². The highest BCUT2D eigenvalue weighted by Gasteiger charge is 2.28. The summed E-state index contributed by atoms with van der Waals surface area (Å²) in [5, 5.41) is 0. The fraction of sp³-hybridized carbons (Fsp3) is 0.643. The van der Waals surface area contributed by atoms with Gasteiger partial charge in [0.25, 0.3) is 0 Å². The van der Waals surface area contributed by atoms with Gasteiger partial charge in [0, 0.05) is 25.3 Å². The number of nitrogen functional groups attached to an aromatic ring is 1. The fourth-order valence-corrected chi connectivity index (χ4v) is 3.28. The van der Waals surface area contributed by atoms with Crippen LogP contribution in [0.4, 0.5) is 5.82 Å². The van der Waals surface area contributed by atoms with Crippen LogP contribution in [0.1, 0.15) is 24.8 Å².